The lowest BCUT2D eigenvalue weighted by Gasteiger charge is -2.23. The van der Waals surface area contributed by atoms with Gasteiger partial charge in [0.25, 0.3) is 0 Å². The number of imidazole rings is 1. The maximum Gasteiger partial charge on any atom is 0.0954 e. The molecule has 2 aromatic heterocycles. The Morgan fingerprint density at radius 2 is 2.20 bits per heavy atom. The lowest BCUT2D eigenvalue weighted by molar-refractivity contribution is 0.457. The molecule has 0 bridgehead atoms. The van der Waals surface area contributed by atoms with Crippen molar-refractivity contribution in [3.8, 4) is 0 Å². The second-order valence-corrected chi connectivity index (χ2v) is 6.76. The molecule has 2 aromatic rings. The normalized spacial score (nSPS) is 14.7. The molecule has 2 rings (SSSR count). The summed E-state index contributed by atoms with van der Waals surface area (Å²) in [7, 11) is 0. The third-order valence-corrected chi connectivity index (χ3v) is 4.54. The fourth-order valence-electron chi connectivity index (χ4n) is 2.66. The minimum Gasteiger partial charge on any atom is -0.325 e. The van der Waals surface area contributed by atoms with Crippen LogP contribution in [0.4, 0.5) is 0 Å². The molecule has 3 nitrogen and oxygen atoms in total. The van der Waals surface area contributed by atoms with Gasteiger partial charge in [-0.05, 0) is 30.2 Å². The summed E-state index contributed by atoms with van der Waals surface area (Å²) >= 11 is 1.81. The maximum absolute atomic E-state index is 6.37. The predicted octanol–water partition coefficient (Wildman–Crippen LogP) is 4.38. The van der Waals surface area contributed by atoms with Crippen LogP contribution in [0.15, 0.2) is 30.0 Å². The second-order valence-electron chi connectivity index (χ2n) is 5.78. The van der Waals surface area contributed by atoms with Crippen molar-refractivity contribution in [2.24, 2.45) is 11.7 Å². The van der Waals surface area contributed by atoms with E-state index in [2.05, 4.69) is 47.8 Å². The molecule has 0 aliphatic rings. The Labute approximate surface area is 125 Å². The van der Waals surface area contributed by atoms with Crippen LogP contribution in [0.5, 0.6) is 0 Å². The van der Waals surface area contributed by atoms with Gasteiger partial charge in [0, 0.05) is 17.1 Å². The molecule has 4 heteroatoms. The molecular weight excluding hydrogens is 266 g/mol. The third kappa shape index (κ3) is 3.49. The van der Waals surface area contributed by atoms with Crippen molar-refractivity contribution in [3.63, 3.8) is 0 Å². The summed E-state index contributed by atoms with van der Waals surface area (Å²) in [5.74, 6) is 0.597. The Morgan fingerprint density at radius 3 is 2.80 bits per heavy atom. The zero-order valence-electron chi connectivity index (χ0n) is 12.6. The monoisotopic (exact) mass is 291 g/mol. The van der Waals surface area contributed by atoms with Crippen LogP contribution in [0.1, 0.15) is 62.7 Å². The summed E-state index contributed by atoms with van der Waals surface area (Å²) in [4.78, 5) is 5.74. The third-order valence-electron chi connectivity index (χ3n) is 3.57. The van der Waals surface area contributed by atoms with E-state index >= 15 is 0 Å². The van der Waals surface area contributed by atoms with Crippen molar-refractivity contribution in [1.82, 2.24) is 9.55 Å². The van der Waals surface area contributed by atoms with E-state index < -0.39 is 0 Å². The molecule has 0 saturated carbocycles. The highest BCUT2D eigenvalue weighted by Gasteiger charge is 2.20. The largest absolute Gasteiger partial charge is 0.325 e. The highest BCUT2D eigenvalue weighted by molar-refractivity contribution is 7.10. The zero-order valence-corrected chi connectivity index (χ0v) is 13.4. The number of aromatic nitrogens is 2. The first-order valence-corrected chi connectivity index (χ1v) is 8.32. The number of thiophene rings is 1. The molecule has 0 radical (unpaired) electrons. The van der Waals surface area contributed by atoms with Crippen LogP contribution in [-0.2, 0) is 0 Å². The molecule has 0 spiro atoms. The van der Waals surface area contributed by atoms with Crippen LogP contribution in [0.2, 0.25) is 0 Å². The maximum atomic E-state index is 6.37. The Kier molecular flexibility index (Phi) is 5.38. The topological polar surface area (TPSA) is 43.8 Å². The van der Waals surface area contributed by atoms with Crippen molar-refractivity contribution < 1.29 is 0 Å². The van der Waals surface area contributed by atoms with Gasteiger partial charge in [0.2, 0.25) is 0 Å². The van der Waals surface area contributed by atoms with Crippen LogP contribution in [0.25, 0.3) is 0 Å². The molecule has 0 fully saturated rings. The minimum atomic E-state index is 0.0665. The highest BCUT2D eigenvalue weighted by atomic mass is 32.1. The van der Waals surface area contributed by atoms with E-state index in [-0.39, 0.29) is 6.04 Å². The van der Waals surface area contributed by atoms with Gasteiger partial charge in [0.05, 0.1) is 18.1 Å². The second kappa shape index (κ2) is 7.04. The molecule has 110 valence electrons. The average molecular weight is 291 g/mol. The summed E-state index contributed by atoms with van der Waals surface area (Å²) in [6.45, 7) is 6.65. The Hall–Kier alpha value is -1.13. The summed E-state index contributed by atoms with van der Waals surface area (Å²) in [6, 6.07) is 4.77. The summed E-state index contributed by atoms with van der Waals surface area (Å²) in [6.07, 6.45) is 7.14. The van der Waals surface area contributed by atoms with E-state index in [1.807, 2.05) is 23.9 Å². The van der Waals surface area contributed by atoms with Crippen molar-refractivity contribution in [1.29, 1.82) is 0 Å². The summed E-state index contributed by atoms with van der Waals surface area (Å²) in [5, 5.41) is 2.14. The van der Waals surface area contributed by atoms with Gasteiger partial charge in [0.15, 0.2) is 0 Å². The molecule has 20 heavy (non-hydrogen) atoms. The van der Waals surface area contributed by atoms with Gasteiger partial charge in [-0.3, -0.25) is 0 Å². The average Bonchev–Trinajstić information content (AvgIpc) is 3.06. The Balaban J connectivity index is 2.28. The van der Waals surface area contributed by atoms with Crippen molar-refractivity contribution >= 4 is 11.3 Å². The van der Waals surface area contributed by atoms with Crippen LogP contribution in [0.3, 0.4) is 0 Å². The Bertz CT molecular complexity index is 502. The van der Waals surface area contributed by atoms with Crippen molar-refractivity contribution in [3.05, 3.63) is 40.6 Å². The van der Waals surface area contributed by atoms with Gasteiger partial charge in [0.1, 0.15) is 0 Å². The van der Waals surface area contributed by atoms with Crippen LogP contribution >= 0.6 is 11.3 Å². The van der Waals surface area contributed by atoms with Crippen molar-refractivity contribution in [2.45, 2.75) is 52.1 Å². The molecule has 0 aliphatic carbocycles. The molecule has 2 unspecified atom stereocenters. The SMILES string of the molecule is CCCC(c1cccs1)n1cncc1C(N)CC(C)C. The smallest absolute Gasteiger partial charge is 0.0954 e. The lowest BCUT2D eigenvalue weighted by atomic mass is 10.0. The quantitative estimate of drug-likeness (QED) is 0.822. The fourth-order valence-corrected chi connectivity index (χ4v) is 3.52. The predicted molar refractivity (Wildman–Crippen MR) is 86.0 cm³/mol. The molecule has 2 N–H and O–H groups in total. The molecule has 0 amide bonds. The molecule has 0 aromatic carbocycles. The molecule has 2 heterocycles. The molecule has 0 aliphatic heterocycles. The van der Waals surface area contributed by atoms with Gasteiger partial charge in [-0.1, -0.05) is 33.3 Å². The highest BCUT2D eigenvalue weighted by Crippen LogP contribution is 2.31. The molecular formula is C16H25N3S. The Morgan fingerprint density at radius 1 is 1.40 bits per heavy atom. The first-order valence-electron chi connectivity index (χ1n) is 7.44. The van der Waals surface area contributed by atoms with Crippen LogP contribution in [-0.4, -0.2) is 9.55 Å². The van der Waals surface area contributed by atoms with E-state index in [0.29, 0.717) is 12.0 Å². The molecule has 0 saturated heterocycles. The van der Waals surface area contributed by atoms with E-state index in [1.54, 1.807) is 0 Å². The van der Waals surface area contributed by atoms with Gasteiger partial charge < -0.3 is 10.3 Å². The minimum absolute atomic E-state index is 0.0665. The van der Waals surface area contributed by atoms with Crippen molar-refractivity contribution in [2.75, 3.05) is 0 Å². The fraction of sp³-hybridized carbons (Fsp3) is 0.562. The van der Waals surface area contributed by atoms with Crippen LogP contribution in [0, 0.1) is 5.92 Å². The summed E-state index contributed by atoms with van der Waals surface area (Å²) in [5.41, 5.74) is 7.53. The van der Waals surface area contributed by atoms with E-state index in [9.17, 15) is 0 Å². The number of rotatable bonds is 7. The van der Waals surface area contributed by atoms with E-state index in [4.69, 9.17) is 5.73 Å². The van der Waals surface area contributed by atoms with Gasteiger partial charge >= 0.3 is 0 Å². The van der Waals surface area contributed by atoms with Gasteiger partial charge in [-0.2, -0.15) is 0 Å². The molecule has 2 atom stereocenters. The first-order chi connectivity index (χ1) is 9.63. The van der Waals surface area contributed by atoms with E-state index in [1.165, 1.54) is 4.88 Å². The first kappa shape index (κ1) is 15.3. The number of nitrogens with two attached hydrogens (primary N) is 1. The zero-order chi connectivity index (χ0) is 14.5. The van der Waals surface area contributed by atoms with Crippen LogP contribution < -0.4 is 5.73 Å². The van der Waals surface area contributed by atoms with Gasteiger partial charge in [-0.15, -0.1) is 11.3 Å². The number of hydrogen-bond donors (Lipinski definition) is 1. The number of nitrogens with zero attached hydrogens (tertiary/aromatic N) is 2. The standard InChI is InChI=1S/C16H25N3S/c1-4-6-14(16-7-5-8-20-16)19-11-18-10-15(19)13(17)9-12(2)3/h5,7-8,10-14H,4,6,9,17H2,1-3H3. The van der Waals surface area contributed by atoms with Gasteiger partial charge in [-0.25, -0.2) is 4.98 Å². The van der Waals surface area contributed by atoms with E-state index in [0.717, 1.165) is 25.0 Å². The number of hydrogen-bond acceptors (Lipinski definition) is 3. The lowest BCUT2D eigenvalue weighted by Crippen LogP contribution is -2.20. The summed E-state index contributed by atoms with van der Waals surface area (Å²) < 4.78 is 2.28.